The van der Waals surface area contributed by atoms with Gasteiger partial charge in [-0.15, -0.1) is 0 Å². The summed E-state index contributed by atoms with van der Waals surface area (Å²) in [6.45, 7) is 13.6. The highest BCUT2D eigenvalue weighted by molar-refractivity contribution is 9.10. The summed E-state index contributed by atoms with van der Waals surface area (Å²) in [4.78, 5) is 192. The summed E-state index contributed by atoms with van der Waals surface area (Å²) >= 11 is 9.65. The van der Waals surface area contributed by atoms with E-state index in [1.165, 1.54) is 106 Å². The molecule has 1 aliphatic carbocycles. The molecule has 3 N–H and O–H groups in total. The van der Waals surface area contributed by atoms with E-state index in [9.17, 15) is 46.7 Å². The third-order valence-electron chi connectivity index (χ3n) is 21.4. The van der Waals surface area contributed by atoms with Crippen LogP contribution in [0.1, 0.15) is 140 Å². The number of halogens is 5. The molecule has 11 atom stereocenters. The number of likely N-dealkylation sites (N-methyl/N-ethyl adjacent to an activating group) is 8. The molecule has 24 nitrogen and oxygen atoms in total. The van der Waals surface area contributed by atoms with Crippen LogP contribution in [0.5, 0.6) is 0 Å². The second-order valence-corrected chi connectivity index (χ2v) is 30.8. The number of nitrogens with one attached hydrogen (secondary N) is 3. The second kappa shape index (κ2) is 36.9. The first-order valence-electron chi connectivity index (χ1n) is 36.0. The molecule has 3 aliphatic rings. The topological polar surface area (TPSA) is 270 Å². The molecule has 12 amide bonds. The van der Waals surface area contributed by atoms with Crippen LogP contribution in [-0.2, 0) is 83.0 Å². The molecule has 0 aromatic heterocycles. The van der Waals surface area contributed by atoms with Crippen molar-refractivity contribution in [2.75, 3.05) is 76.5 Å². The van der Waals surface area contributed by atoms with E-state index >= 15 is 24.0 Å². The van der Waals surface area contributed by atoms with Crippen LogP contribution in [0.25, 0.3) is 0 Å². The molecule has 3 fully saturated rings. The molecular weight excluding hydrogens is 1450 g/mol. The third kappa shape index (κ3) is 20.9. The zero-order chi connectivity index (χ0) is 78.6. The van der Waals surface area contributed by atoms with Crippen molar-refractivity contribution >= 4 is 98.4 Å². The van der Waals surface area contributed by atoms with Crippen molar-refractivity contribution in [2.45, 2.75) is 205 Å². The minimum absolute atomic E-state index is 0.0660. The monoisotopic (exact) mass is 1550 g/mol. The van der Waals surface area contributed by atoms with Gasteiger partial charge in [-0.25, -0.2) is 0 Å². The first kappa shape index (κ1) is 85.8. The van der Waals surface area contributed by atoms with Crippen LogP contribution in [-0.4, -0.2) is 251 Å². The van der Waals surface area contributed by atoms with E-state index in [0.29, 0.717) is 41.3 Å². The predicted molar refractivity (Wildman–Crippen MR) is 395 cm³/mol. The third-order valence-corrected chi connectivity index (χ3v) is 22.2. The van der Waals surface area contributed by atoms with E-state index in [0.717, 1.165) is 32.4 Å². The average molecular weight is 1550 g/mol. The number of hydrogen-bond acceptors (Lipinski definition) is 12. The van der Waals surface area contributed by atoms with Gasteiger partial charge < -0.3 is 60.0 Å². The smallest absolute Gasteiger partial charge is 0.347 e. The van der Waals surface area contributed by atoms with Crippen molar-refractivity contribution in [1.29, 1.82) is 0 Å². The molecule has 3 aromatic rings. The number of alkyl halides is 3. The molecule has 2 saturated heterocycles. The van der Waals surface area contributed by atoms with Gasteiger partial charge >= 0.3 is 6.18 Å². The summed E-state index contributed by atoms with van der Waals surface area (Å²) in [6, 6.07) is 5.28. The van der Waals surface area contributed by atoms with Gasteiger partial charge in [0.2, 0.25) is 70.9 Å². The van der Waals surface area contributed by atoms with E-state index in [1.54, 1.807) is 50.2 Å². The number of hydrogen-bond donors (Lipinski definition) is 3. The quantitative estimate of drug-likeness (QED) is 0.149. The molecule has 2 aliphatic heterocycles. The first-order chi connectivity index (χ1) is 49.1. The van der Waals surface area contributed by atoms with E-state index in [4.69, 9.17) is 11.6 Å². The number of carbonyl (C=O) groups excluding carboxylic acids is 12. The molecule has 578 valence electrons. The average Bonchev–Trinajstić information content (AvgIpc) is 1.71. The molecule has 105 heavy (non-hydrogen) atoms. The number of rotatable bonds is 14. The summed E-state index contributed by atoms with van der Waals surface area (Å²) in [7, 11) is 12.6. The first-order valence-corrected chi connectivity index (χ1v) is 37.2. The Morgan fingerprint density at radius 2 is 1.22 bits per heavy atom. The normalized spacial score (nSPS) is 24.8. The van der Waals surface area contributed by atoms with Gasteiger partial charge in [0.25, 0.3) is 0 Å². The number of aryl methyl sites for hydroxylation is 2. The van der Waals surface area contributed by atoms with E-state index < -0.39 is 172 Å². The Labute approximate surface area is 629 Å². The van der Waals surface area contributed by atoms with Gasteiger partial charge in [-0.3, -0.25) is 57.5 Å². The number of benzene rings is 3. The number of amides is 12. The molecule has 1 spiro atoms. The van der Waals surface area contributed by atoms with Crippen molar-refractivity contribution in [2.24, 2.45) is 17.8 Å². The van der Waals surface area contributed by atoms with Crippen molar-refractivity contribution in [3.63, 3.8) is 0 Å². The lowest BCUT2D eigenvalue weighted by atomic mass is 9.90. The van der Waals surface area contributed by atoms with Gasteiger partial charge in [-0.2, -0.15) is 13.2 Å². The predicted octanol–water partition coefficient (Wildman–Crippen LogP) is 6.92. The van der Waals surface area contributed by atoms with E-state index in [1.807, 2.05) is 46.8 Å². The van der Waals surface area contributed by atoms with Crippen LogP contribution < -0.4 is 16.0 Å². The van der Waals surface area contributed by atoms with Gasteiger partial charge in [0.05, 0.1) is 23.6 Å². The summed E-state index contributed by atoms with van der Waals surface area (Å²) < 4.78 is 42.7. The van der Waals surface area contributed by atoms with Crippen LogP contribution in [0.3, 0.4) is 0 Å². The maximum atomic E-state index is 15.7. The van der Waals surface area contributed by atoms with Crippen molar-refractivity contribution < 1.29 is 70.7 Å². The number of fused-ring (bicyclic) bond motifs is 1. The lowest BCUT2D eigenvalue weighted by molar-refractivity contribution is -0.160. The maximum Gasteiger partial charge on any atom is 0.417 e. The highest BCUT2D eigenvalue weighted by Crippen LogP contribution is 2.37. The molecule has 3 aromatic carbocycles. The summed E-state index contributed by atoms with van der Waals surface area (Å²) in [5, 5.41) is 8.08. The standard InChI is InChI=1S/C76H107BrClF3N12O12/c1-18-46(6)63-72(103)87(12)48(8)67(98)93-37-34-56(93)71(102)90(15)59(41-50-24-22-45(5)23-25-50)70(101)86(11)43-61(94)82-55(33-29-49-28-32-53(54(78)39-49)76(79,80)81)68(99)89(14)58(40-51-26-30-52(77)31-27-51)66(97)84-75(35-20-21-36-75)74(105)92(17)64(47(7)19-2)73(104)91(16)60(69(100)85(9)10)42-62(95)88(13)57(38-44(3)4)65(96)83-63/h22-28,30-32,39,44,46-48,55-60,63-64H,18-21,29,33-38,40-43H2,1-17H3,(H,82,94)(H,83,96)(H,84,97)/t46-,47-,48-,55-,56?,57-,58-,59-,60-,63-,64-/m0/s1. The van der Waals surface area contributed by atoms with Crippen LogP contribution in [0.4, 0.5) is 13.2 Å². The Balaban J connectivity index is 1.51. The molecule has 0 radical (unpaired) electrons. The van der Waals surface area contributed by atoms with Gasteiger partial charge in [0.15, 0.2) is 0 Å². The maximum absolute atomic E-state index is 15.7. The Morgan fingerprint density at radius 3 is 1.75 bits per heavy atom. The second-order valence-electron chi connectivity index (χ2n) is 29.5. The minimum atomic E-state index is -4.80. The van der Waals surface area contributed by atoms with Crippen molar-refractivity contribution in [3.05, 3.63) is 104 Å². The fourth-order valence-corrected chi connectivity index (χ4v) is 14.5. The fourth-order valence-electron chi connectivity index (χ4n) is 13.9. The molecule has 2 heterocycles. The van der Waals surface area contributed by atoms with Crippen LogP contribution in [0.2, 0.25) is 5.02 Å². The lowest BCUT2D eigenvalue weighted by Gasteiger charge is -2.45. The van der Waals surface area contributed by atoms with Crippen molar-refractivity contribution in [3.8, 4) is 0 Å². The number of carbonyl (C=O) groups is 12. The Bertz CT molecular complexity index is 3650. The summed E-state index contributed by atoms with van der Waals surface area (Å²) in [5.74, 6) is -9.95. The van der Waals surface area contributed by atoms with Gasteiger partial charge in [-0.1, -0.05) is 143 Å². The van der Waals surface area contributed by atoms with E-state index in [-0.39, 0.29) is 69.4 Å². The molecule has 1 unspecified atom stereocenters. The Kier molecular flexibility index (Phi) is 30.2. The van der Waals surface area contributed by atoms with E-state index in [2.05, 4.69) is 31.9 Å². The zero-order valence-electron chi connectivity index (χ0n) is 63.7. The molecule has 6 rings (SSSR count). The Morgan fingerprint density at radius 1 is 0.657 bits per heavy atom. The minimum Gasteiger partial charge on any atom is -0.347 e. The van der Waals surface area contributed by atoms with Gasteiger partial charge in [0.1, 0.15) is 59.9 Å². The summed E-state index contributed by atoms with van der Waals surface area (Å²) in [6.07, 6.45) is -4.05. The molecule has 29 heteroatoms. The summed E-state index contributed by atoms with van der Waals surface area (Å²) in [5.41, 5.74) is -0.447. The van der Waals surface area contributed by atoms with Crippen LogP contribution in [0, 0.1) is 24.7 Å². The van der Waals surface area contributed by atoms with Crippen LogP contribution in [0.15, 0.2) is 71.2 Å². The SMILES string of the molecule is CC[C@H](C)[C@@H]1NC(=O)[C@H](CC(C)C)N(C)C(=O)C[C@@H](C(=O)N(C)C)N(C)C(=O)[C@H]([C@@H](C)CC)N(C)C(=O)C2(CCCC2)NC(=O)[C@H](Cc2ccc(Br)cc2)N(C)C(=O)[C@H](CCc2ccc(C(F)(F)F)c(Cl)c2)NC(=O)CN(C)C(=O)[C@H](Cc2ccc(C)cc2)N(C)C(=O)C2CCN2C(=O)[C@H](C)N(C)C1=O. The van der Waals surface area contributed by atoms with Crippen LogP contribution >= 0.6 is 27.5 Å². The number of nitrogens with zero attached hydrogens (tertiary/aromatic N) is 9. The fraction of sp³-hybridized carbons (Fsp3) is 0.605. The Hall–Kier alpha value is -8.14. The lowest BCUT2D eigenvalue weighted by Crippen LogP contribution is -2.65. The largest absolute Gasteiger partial charge is 0.417 e. The van der Waals surface area contributed by atoms with Gasteiger partial charge in [0, 0.05) is 87.3 Å². The van der Waals surface area contributed by atoms with Crippen molar-refractivity contribution in [1.82, 2.24) is 60.0 Å². The molecule has 1 saturated carbocycles. The zero-order valence-corrected chi connectivity index (χ0v) is 66.0. The van der Waals surface area contributed by atoms with Gasteiger partial charge in [-0.05, 0) is 111 Å². The molecular formula is C76H107BrClF3N12O12. The molecule has 0 bridgehead atoms. The highest BCUT2D eigenvalue weighted by Gasteiger charge is 2.51. The highest BCUT2D eigenvalue weighted by atomic mass is 79.9.